The summed E-state index contributed by atoms with van der Waals surface area (Å²) in [5.74, 6) is 0.858. The first-order valence-electron chi connectivity index (χ1n) is 12.4. The third-order valence-electron chi connectivity index (χ3n) is 6.14. The first-order chi connectivity index (χ1) is 17.4. The number of nitrogens with one attached hydrogen (secondary N) is 1. The van der Waals surface area contributed by atoms with Crippen molar-refractivity contribution in [2.24, 2.45) is 0 Å². The number of carbonyl (C=O) groups is 2. The first-order valence-corrected chi connectivity index (χ1v) is 12.4. The van der Waals surface area contributed by atoms with Crippen molar-refractivity contribution in [3.05, 3.63) is 95.6 Å². The minimum Gasteiger partial charge on any atom is -0.497 e. The lowest BCUT2D eigenvalue weighted by Gasteiger charge is -2.32. The van der Waals surface area contributed by atoms with E-state index in [1.807, 2.05) is 99.6 Å². The molecule has 2 amide bonds. The van der Waals surface area contributed by atoms with Crippen LogP contribution >= 0.6 is 0 Å². The monoisotopic (exact) mass is 488 g/mol. The molecule has 0 aromatic heterocycles. The molecule has 0 aliphatic carbocycles. The Kier molecular flexibility index (Phi) is 9.92. The number of hydrogen-bond acceptors (Lipinski definition) is 4. The maximum Gasteiger partial charge on any atom is 0.261 e. The molecule has 1 N–H and O–H groups in total. The molecule has 0 heterocycles. The van der Waals surface area contributed by atoms with E-state index in [1.54, 1.807) is 12.0 Å². The van der Waals surface area contributed by atoms with Crippen molar-refractivity contribution in [3.63, 3.8) is 0 Å². The van der Waals surface area contributed by atoms with Gasteiger partial charge in [0, 0.05) is 19.0 Å². The summed E-state index contributed by atoms with van der Waals surface area (Å²) >= 11 is 0. The minimum absolute atomic E-state index is 0.00615. The topological polar surface area (TPSA) is 67.9 Å². The number of rotatable bonds is 12. The SMILES string of the molecule is CC[C@H](C)NC(=O)[C@@H](Cc1ccccc1)N(Cc1cccc(OC)c1)C(=O)COc1ccc(C)cc1. The molecule has 0 radical (unpaired) electrons. The van der Waals surface area contributed by atoms with Crippen LogP contribution in [0.15, 0.2) is 78.9 Å². The average Bonchev–Trinajstić information content (AvgIpc) is 2.90. The van der Waals surface area contributed by atoms with Crippen molar-refractivity contribution in [1.82, 2.24) is 10.2 Å². The Bertz CT molecular complexity index is 1120. The summed E-state index contributed by atoms with van der Waals surface area (Å²) in [5, 5.41) is 3.08. The van der Waals surface area contributed by atoms with Crippen LogP contribution in [0, 0.1) is 6.92 Å². The summed E-state index contributed by atoms with van der Waals surface area (Å²) in [7, 11) is 1.61. The van der Waals surface area contributed by atoms with Crippen LogP contribution in [0.1, 0.15) is 37.0 Å². The van der Waals surface area contributed by atoms with Crippen LogP contribution in [0.4, 0.5) is 0 Å². The summed E-state index contributed by atoms with van der Waals surface area (Å²) in [6.07, 6.45) is 1.19. The van der Waals surface area contributed by atoms with Gasteiger partial charge >= 0.3 is 0 Å². The van der Waals surface area contributed by atoms with Crippen molar-refractivity contribution in [3.8, 4) is 11.5 Å². The quantitative estimate of drug-likeness (QED) is 0.392. The van der Waals surface area contributed by atoms with Gasteiger partial charge in [0.15, 0.2) is 6.61 Å². The second-order valence-electron chi connectivity index (χ2n) is 9.00. The normalized spacial score (nSPS) is 12.3. The smallest absolute Gasteiger partial charge is 0.261 e. The molecule has 36 heavy (non-hydrogen) atoms. The van der Waals surface area contributed by atoms with Crippen LogP contribution in [-0.2, 0) is 22.6 Å². The van der Waals surface area contributed by atoms with Gasteiger partial charge in [-0.05, 0) is 55.7 Å². The van der Waals surface area contributed by atoms with Crippen molar-refractivity contribution in [2.45, 2.75) is 52.2 Å². The van der Waals surface area contributed by atoms with Crippen LogP contribution in [0.3, 0.4) is 0 Å². The Hall–Kier alpha value is -3.80. The van der Waals surface area contributed by atoms with Crippen LogP contribution < -0.4 is 14.8 Å². The number of hydrogen-bond donors (Lipinski definition) is 1. The molecule has 6 nitrogen and oxygen atoms in total. The fourth-order valence-corrected chi connectivity index (χ4v) is 3.83. The third kappa shape index (κ3) is 7.87. The van der Waals surface area contributed by atoms with Gasteiger partial charge in [-0.25, -0.2) is 0 Å². The number of ether oxygens (including phenoxy) is 2. The Morgan fingerprint density at radius 1 is 0.917 bits per heavy atom. The molecule has 0 fully saturated rings. The number of nitrogens with zero attached hydrogens (tertiary/aromatic N) is 1. The molecule has 2 atom stereocenters. The predicted octanol–water partition coefficient (Wildman–Crippen LogP) is 4.94. The Labute approximate surface area is 214 Å². The molecule has 190 valence electrons. The molecular weight excluding hydrogens is 452 g/mol. The van der Waals surface area contributed by atoms with E-state index in [0.717, 1.165) is 23.1 Å². The van der Waals surface area contributed by atoms with Gasteiger partial charge in [-0.15, -0.1) is 0 Å². The van der Waals surface area contributed by atoms with Crippen LogP contribution in [0.2, 0.25) is 0 Å². The number of carbonyl (C=O) groups excluding carboxylic acids is 2. The van der Waals surface area contributed by atoms with Crippen molar-refractivity contribution in [1.29, 1.82) is 0 Å². The lowest BCUT2D eigenvalue weighted by molar-refractivity contribution is -0.143. The molecule has 3 rings (SSSR count). The summed E-state index contributed by atoms with van der Waals surface area (Å²) < 4.78 is 11.2. The molecule has 0 unspecified atom stereocenters. The van der Waals surface area contributed by atoms with E-state index >= 15 is 0 Å². The predicted molar refractivity (Wildman–Crippen MR) is 142 cm³/mol. The number of amides is 2. The van der Waals surface area contributed by atoms with Gasteiger partial charge in [-0.1, -0.05) is 67.1 Å². The summed E-state index contributed by atoms with van der Waals surface area (Å²) in [6.45, 7) is 6.06. The van der Waals surface area contributed by atoms with Gasteiger partial charge in [0.2, 0.25) is 5.91 Å². The molecule has 0 saturated carbocycles. The first kappa shape index (κ1) is 26.8. The lowest BCUT2D eigenvalue weighted by atomic mass is 10.0. The van der Waals surface area contributed by atoms with Gasteiger partial charge in [0.05, 0.1) is 7.11 Å². The number of benzene rings is 3. The zero-order chi connectivity index (χ0) is 25.9. The summed E-state index contributed by atoms with van der Waals surface area (Å²) in [4.78, 5) is 28.8. The highest BCUT2D eigenvalue weighted by Crippen LogP contribution is 2.19. The molecular formula is C30H36N2O4. The third-order valence-corrected chi connectivity index (χ3v) is 6.14. The van der Waals surface area contributed by atoms with Crippen molar-refractivity contribution in [2.75, 3.05) is 13.7 Å². The van der Waals surface area contributed by atoms with Gasteiger partial charge in [-0.3, -0.25) is 9.59 Å². The molecule has 3 aromatic rings. The van der Waals surface area contributed by atoms with Crippen LogP contribution in [0.5, 0.6) is 11.5 Å². The van der Waals surface area contributed by atoms with Crippen LogP contribution in [0.25, 0.3) is 0 Å². The second-order valence-corrected chi connectivity index (χ2v) is 9.00. The Balaban J connectivity index is 1.92. The minimum atomic E-state index is -0.707. The molecule has 0 spiro atoms. The molecule has 6 heteroatoms. The lowest BCUT2D eigenvalue weighted by Crippen LogP contribution is -2.53. The van der Waals surface area contributed by atoms with Gasteiger partial charge < -0.3 is 19.7 Å². The van der Waals surface area contributed by atoms with E-state index in [4.69, 9.17) is 9.47 Å². The maximum absolute atomic E-state index is 13.6. The van der Waals surface area contributed by atoms with E-state index in [-0.39, 0.29) is 31.0 Å². The van der Waals surface area contributed by atoms with Crippen LogP contribution in [-0.4, -0.2) is 42.5 Å². The van der Waals surface area contributed by atoms with E-state index < -0.39 is 6.04 Å². The van der Waals surface area contributed by atoms with Crippen molar-refractivity contribution >= 4 is 11.8 Å². The largest absolute Gasteiger partial charge is 0.497 e. The van der Waals surface area contributed by atoms with Gasteiger partial charge in [0.25, 0.3) is 5.91 Å². The number of aryl methyl sites for hydroxylation is 1. The highest BCUT2D eigenvalue weighted by molar-refractivity contribution is 5.88. The van der Waals surface area contributed by atoms with Gasteiger partial charge in [-0.2, -0.15) is 0 Å². The maximum atomic E-state index is 13.6. The van der Waals surface area contributed by atoms with E-state index in [1.165, 1.54) is 0 Å². The molecule has 0 bridgehead atoms. The highest BCUT2D eigenvalue weighted by atomic mass is 16.5. The Morgan fingerprint density at radius 3 is 2.28 bits per heavy atom. The van der Waals surface area contributed by atoms with E-state index in [0.29, 0.717) is 17.9 Å². The molecule has 0 saturated heterocycles. The second kappa shape index (κ2) is 13.3. The zero-order valence-corrected chi connectivity index (χ0v) is 21.6. The standard InChI is InChI=1S/C30H36N2O4/c1-5-23(3)31-30(34)28(19-24-10-7-6-8-11-24)32(20-25-12-9-13-27(18-25)35-4)29(33)21-36-26-16-14-22(2)15-17-26/h6-18,23,28H,5,19-21H2,1-4H3,(H,31,34)/t23-,28+/m0/s1. The summed E-state index contributed by atoms with van der Waals surface area (Å²) in [6, 6.07) is 24.1. The van der Waals surface area contributed by atoms with Crippen molar-refractivity contribution < 1.29 is 19.1 Å². The fourth-order valence-electron chi connectivity index (χ4n) is 3.83. The number of methoxy groups -OCH3 is 1. The average molecular weight is 489 g/mol. The molecule has 0 aliphatic rings. The van der Waals surface area contributed by atoms with E-state index in [2.05, 4.69) is 5.32 Å². The highest BCUT2D eigenvalue weighted by Gasteiger charge is 2.31. The molecule has 0 aliphatic heterocycles. The molecule has 3 aromatic carbocycles. The zero-order valence-electron chi connectivity index (χ0n) is 21.6. The van der Waals surface area contributed by atoms with E-state index in [9.17, 15) is 9.59 Å². The fraction of sp³-hybridized carbons (Fsp3) is 0.333. The summed E-state index contributed by atoms with van der Waals surface area (Å²) in [5.41, 5.74) is 2.95. The Morgan fingerprint density at radius 2 is 1.61 bits per heavy atom. The van der Waals surface area contributed by atoms with Gasteiger partial charge in [0.1, 0.15) is 17.5 Å².